The number of ether oxygens (including phenoxy) is 2. The van der Waals surface area contributed by atoms with Gasteiger partial charge in [0.2, 0.25) is 5.91 Å². The van der Waals surface area contributed by atoms with E-state index in [1.165, 1.54) is 11.8 Å². The molecule has 4 rings (SSSR count). The number of fused-ring (bicyclic) bond motifs is 1. The fraction of sp³-hybridized carbons (Fsp3) is 0.375. The molecule has 0 spiro atoms. The minimum absolute atomic E-state index is 0.0159. The first-order chi connectivity index (χ1) is 15.7. The molecule has 32 heavy (non-hydrogen) atoms. The van der Waals surface area contributed by atoms with Crippen LogP contribution in [-0.2, 0) is 11.2 Å². The van der Waals surface area contributed by atoms with Crippen LogP contribution in [0, 0.1) is 0 Å². The Balaban J connectivity index is 1.36. The number of amides is 1. The van der Waals surface area contributed by atoms with Crippen LogP contribution in [0.5, 0.6) is 11.5 Å². The molecule has 2 heterocycles. The summed E-state index contributed by atoms with van der Waals surface area (Å²) in [6.45, 7) is 2.52. The number of hydrogen-bond acceptors (Lipinski definition) is 7. The first kappa shape index (κ1) is 22.2. The van der Waals surface area contributed by atoms with E-state index < -0.39 is 0 Å². The van der Waals surface area contributed by atoms with Crippen LogP contribution in [0.15, 0.2) is 47.5 Å². The van der Waals surface area contributed by atoms with Crippen molar-refractivity contribution in [2.45, 2.75) is 24.3 Å². The third-order valence-corrected chi connectivity index (χ3v) is 6.40. The number of carbonyl (C=O) groups excluding carboxylic acids is 1. The second kappa shape index (κ2) is 10.5. The van der Waals surface area contributed by atoms with E-state index in [1.54, 1.807) is 14.2 Å². The minimum atomic E-state index is -0.0159. The molecule has 1 fully saturated rings. The van der Waals surface area contributed by atoms with Crippen LogP contribution < -0.4 is 19.7 Å². The first-order valence-electron chi connectivity index (χ1n) is 10.8. The third kappa shape index (κ3) is 5.24. The molecule has 1 aromatic heterocycles. The summed E-state index contributed by atoms with van der Waals surface area (Å²) in [5, 5.41) is 3.82. The standard InChI is InChI=1S/C24H28N4O3S/c1-30-20-10-9-17(15-21(20)31-2)11-12-25-22(29)16-32-24-23(28-13-5-6-14-28)26-18-7-3-4-8-19(18)27-24/h3-4,7-10,15H,5-6,11-14,16H2,1-2H3,(H,25,29). The van der Waals surface area contributed by atoms with Crippen LogP contribution in [0.3, 0.4) is 0 Å². The molecule has 0 saturated carbocycles. The van der Waals surface area contributed by atoms with E-state index in [1.807, 2.05) is 42.5 Å². The van der Waals surface area contributed by atoms with Crippen molar-refractivity contribution in [2.24, 2.45) is 0 Å². The summed E-state index contributed by atoms with van der Waals surface area (Å²) in [5.41, 5.74) is 2.82. The van der Waals surface area contributed by atoms with Crippen molar-refractivity contribution < 1.29 is 14.3 Å². The van der Waals surface area contributed by atoms with Gasteiger partial charge in [-0.1, -0.05) is 30.0 Å². The molecule has 0 aliphatic carbocycles. The molecule has 1 N–H and O–H groups in total. The number of benzene rings is 2. The van der Waals surface area contributed by atoms with Gasteiger partial charge in [0.15, 0.2) is 17.3 Å². The van der Waals surface area contributed by atoms with Crippen LogP contribution in [0.4, 0.5) is 5.82 Å². The summed E-state index contributed by atoms with van der Waals surface area (Å²) < 4.78 is 10.6. The molecule has 0 bridgehead atoms. The van der Waals surface area contributed by atoms with Gasteiger partial charge >= 0.3 is 0 Å². The quantitative estimate of drug-likeness (QED) is 0.496. The van der Waals surface area contributed by atoms with Gasteiger partial charge in [0.05, 0.1) is 31.0 Å². The SMILES string of the molecule is COc1ccc(CCNC(=O)CSc2nc3ccccc3nc2N2CCCC2)cc1OC. The average molecular weight is 453 g/mol. The largest absolute Gasteiger partial charge is 0.493 e. The summed E-state index contributed by atoms with van der Waals surface area (Å²) >= 11 is 1.45. The van der Waals surface area contributed by atoms with Crippen LogP contribution in [-0.4, -0.2) is 55.5 Å². The van der Waals surface area contributed by atoms with Crippen molar-refractivity contribution in [1.29, 1.82) is 0 Å². The van der Waals surface area contributed by atoms with E-state index in [9.17, 15) is 4.79 Å². The Bertz CT molecular complexity index is 1090. The molecule has 1 aliphatic heterocycles. The molecular weight excluding hydrogens is 424 g/mol. The van der Waals surface area contributed by atoms with Crippen molar-refractivity contribution in [3.63, 3.8) is 0 Å². The summed E-state index contributed by atoms with van der Waals surface area (Å²) in [7, 11) is 3.23. The monoisotopic (exact) mass is 452 g/mol. The highest BCUT2D eigenvalue weighted by molar-refractivity contribution is 8.00. The third-order valence-electron chi connectivity index (χ3n) is 5.45. The van der Waals surface area contributed by atoms with Gasteiger partial charge in [-0.05, 0) is 49.1 Å². The van der Waals surface area contributed by atoms with Gasteiger partial charge in [-0.2, -0.15) is 0 Å². The number of nitrogens with one attached hydrogen (secondary N) is 1. The number of aromatic nitrogens is 2. The predicted octanol–water partition coefficient (Wildman–Crippen LogP) is 3.70. The maximum absolute atomic E-state index is 12.5. The lowest BCUT2D eigenvalue weighted by Crippen LogP contribution is -2.27. The van der Waals surface area contributed by atoms with E-state index in [0.717, 1.165) is 53.4 Å². The molecule has 0 atom stereocenters. The first-order valence-corrected chi connectivity index (χ1v) is 11.8. The smallest absolute Gasteiger partial charge is 0.230 e. The molecule has 3 aromatic rings. The lowest BCUT2D eigenvalue weighted by atomic mass is 10.1. The Kier molecular flexibility index (Phi) is 7.32. The molecule has 0 unspecified atom stereocenters. The molecule has 1 amide bonds. The molecule has 1 aliphatic rings. The Morgan fingerprint density at radius 3 is 2.47 bits per heavy atom. The fourth-order valence-electron chi connectivity index (χ4n) is 3.77. The van der Waals surface area contributed by atoms with Crippen molar-refractivity contribution in [3.05, 3.63) is 48.0 Å². The average Bonchev–Trinajstić information content (AvgIpc) is 3.37. The summed E-state index contributed by atoms with van der Waals surface area (Å²) in [6, 6.07) is 13.7. The molecular formula is C24H28N4O3S. The van der Waals surface area contributed by atoms with Gasteiger partial charge in [-0.15, -0.1) is 0 Å². The van der Waals surface area contributed by atoms with Crippen LogP contribution >= 0.6 is 11.8 Å². The highest BCUT2D eigenvalue weighted by Gasteiger charge is 2.20. The van der Waals surface area contributed by atoms with Gasteiger partial charge in [-0.25, -0.2) is 9.97 Å². The number of rotatable bonds is 9. The van der Waals surface area contributed by atoms with Gasteiger partial charge < -0.3 is 19.7 Å². The highest BCUT2D eigenvalue weighted by atomic mass is 32.2. The highest BCUT2D eigenvalue weighted by Crippen LogP contribution is 2.31. The van der Waals surface area contributed by atoms with E-state index in [2.05, 4.69) is 10.2 Å². The number of para-hydroxylation sites is 2. The minimum Gasteiger partial charge on any atom is -0.493 e. The summed E-state index contributed by atoms with van der Waals surface area (Å²) in [6.07, 6.45) is 3.04. The lowest BCUT2D eigenvalue weighted by Gasteiger charge is -2.19. The van der Waals surface area contributed by atoms with Gasteiger partial charge in [0.25, 0.3) is 0 Å². The van der Waals surface area contributed by atoms with Gasteiger partial charge in [0, 0.05) is 19.6 Å². The maximum atomic E-state index is 12.5. The molecule has 1 saturated heterocycles. The molecule has 8 heteroatoms. The van der Waals surface area contributed by atoms with Gasteiger partial charge in [-0.3, -0.25) is 4.79 Å². The van der Waals surface area contributed by atoms with Crippen LogP contribution in [0.1, 0.15) is 18.4 Å². The Morgan fingerprint density at radius 1 is 1.03 bits per heavy atom. The fourth-order valence-corrected chi connectivity index (χ4v) is 4.61. The van der Waals surface area contributed by atoms with E-state index in [0.29, 0.717) is 30.2 Å². The number of nitrogens with zero attached hydrogens (tertiary/aromatic N) is 3. The number of carbonyl (C=O) groups is 1. The molecule has 7 nitrogen and oxygen atoms in total. The topological polar surface area (TPSA) is 76.6 Å². The van der Waals surface area contributed by atoms with Crippen molar-refractivity contribution in [3.8, 4) is 11.5 Å². The van der Waals surface area contributed by atoms with Crippen molar-refractivity contribution >= 4 is 34.5 Å². The van der Waals surface area contributed by atoms with Gasteiger partial charge in [0.1, 0.15) is 5.03 Å². The van der Waals surface area contributed by atoms with Crippen LogP contribution in [0.25, 0.3) is 11.0 Å². The second-order valence-corrected chi connectivity index (χ2v) is 8.58. The Morgan fingerprint density at radius 2 is 1.75 bits per heavy atom. The Hall–Kier alpha value is -3.00. The zero-order chi connectivity index (χ0) is 22.3. The van der Waals surface area contributed by atoms with Crippen molar-refractivity contribution in [1.82, 2.24) is 15.3 Å². The number of anilines is 1. The van der Waals surface area contributed by atoms with E-state index >= 15 is 0 Å². The zero-order valence-electron chi connectivity index (χ0n) is 18.5. The maximum Gasteiger partial charge on any atom is 0.230 e. The Labute approximate surface area is 192 Å². The van der Waals surface area contributed by atoms with E-state index in [4.69, 9.17) is 19.4 Å². The predicted molar refractivity (Wildman–Crippen MR) is 128 cm³/mol. The number of hydrogen-bond donors (Lipinski definition) is 1. The molecule has 168 valence electrons. The number of methoxy groups -OCH3 is 2. The van der Waals surface area contributed by atoms with Crippen LogP contribution in [0.2, 0.25) is 0 Å². The summed E-state index contributed by atoms with van der Waals surface area (Å²) in [4.78, 5) is 24.4. The molecule has 0 radical (unpaired) electrons. The molecule has 2 aromatic carbocycles. The summed E-state index contributed by atoms with van der Waals surface area (Å²) in [5.74, 6) is 2.57. The second-order valence-electron chi connectivity index (χ2n) is 7.61. The normalized spacial score (nSPS) is 13.4. The number of thioether (sulfide) groups is 1. The lowest BCUT2D eigenvalue weighted by molar-refractivity contribution is -0.118. The van der Waals surface area contributed by atoms with Crippen molar-refractivity contribution in [2.75, 3.05) is 44.5 Å². The zero-order valence-corrected chi connectivity index (χ0v) is 19.3. The van der Waals surface area contributed by atoms with E-state index in [-0.39, 0.29) is 5.91 Å².